The average molecular weight is 312 g/mol. The van der Waals surface area contributed by atoms with Gasteiger partial charge in [0.1, 0.15) is 5.82 Å². The standard InChI is InChI=1S/C11H10BrCl2F/c1-5-2-6(5)11(14)7-3-9(13)8(12)4-10(7)15/h3-6,11H,2H2,1H3. The van der Waals surface area contributed by atoms with E-state index in [1.165, 1.54) is 6.07 Å². The summed E-state index contributed by atoms with van der Waals surface area (Å²) < 4.78 is 14.2. The molecule has 0 N–H and O–H groups in total. The zero-order chi connectivity index (χ0) is 11.2. The van der Waals surface area contributed by atoms with Gasteiger partial charge in [-0.2, -0.15) is 0 Å². The molecule has 4 heteroatoms. The van der Waals surface area contributed by atoms with E-state index in [1.54, 1.807) is 6.07 Å². The molecule has 0 amide bonds. The zero-order valence-electron chi connectivity index (χ0n) is 8.11. The molecule has 1 aromatic rings. The van der Waals surface area contributed by atoms with Crippen molar-refractivity contribution in [2.24, 2.45) is 11.8 Å². The van der Waals surface area contributed by atoms with Gasteiger partial charge >= 0.3 is 0 Å². The van der Waals surface area contributed by atoms with Gasteiger partial charge in [-0.3, -0.25) is 0 Å². The first-order chi connectivity index (χ1) is 7.00. The molecule has 0 saturated heterocycles. The molecule has 0 nitrogen and oxygen atoms in total. The highest BCUT2D eigenvalue weighted by Gasteiger charge is 2.40. The van der Waals surface area contributed by atoms with Crippen LogP contribution in [0.3, 0.4) is 0 Å². The van der Waals surface area contributed by atoms with Crippen LogP contribution < -0.4 is 0 Å². The molecule has 1 aliphatic carbocycles. The van der Waals surface area contributed by atoms with Crippen LogP contribution in [0, 0.1) is 17.7 Å². The first-order valence-electron chi connectivity index (χ1n) is 4.79. The fourth-order valence-electron chi connectivity index (χ4n) is 1.74. The SMILES string of the molecule is CC1CC1C(Cl)c1cc(Cl)c(Br)cc1F. The highest BCUT2D eigenvalue weighted by Crippen LogP contribution is 2.51. The lowest BCUT2D eigenvalue weighted by molar-refractivity contribution is 0.590. The lowest BCUT2D eigenvalue weighted by atomic mass is 10.1. The van der Waals surface area contributed by atoms with Gasteiger partial charge in [-0.15, -0.1) is 11.6 Å². The molecule has 1 aliphatic rings. The van der Waals surface area contributed by atoms with Gasteiger partial charge in [0, 0.05) is 10.0 Å². The van der Waals surface area contributed by atoms with Crippen LogP contribution in [0.4, 0.5) is 4.39 Å². The Morgan fingerprint density at radius 2 is 2.13 bits per heavy atom. The van der Waals surface area contributed by atoms with Crippen molar-refractivity contribution >= 4 is 39.1 Å². The van der Waals surface area contributed by atoms with E-state index in [-0.39, 0.29) is 11.2 Å². The monoisotopic (exact) mass is 310 g/mol. The fourth-order valence-corrected chi connectivity index (χ4v) is 2.74. The van der Waals surface area contributed by atoms with Crippen molar-refractivity contribution in [2.75, 3.05) is 0 Å². The highest BCUT2D eigenvalue weighted by molar-refractivity contribution is 9.10. The maximum absolute atomic E-state index is 13.6. The second-order valence-corrected chi connectivity index (χ2v) is 5.80. The fraction of sp³-hybridized carbons (Fsp3) is 0.455. The third-order valence-electron chi connectivity index (χ3n) is 2.88. The topological polar surface area (TPSA) is 0 Å². The molecule has 0 aromatic heterocycles. The van der Waals surface area contributed by atoms with Crippen molar-refractivity contribution < 1.29 is 4.39 Å². The summed E-state index contributed by atoms with van der Waals surface area (Å²) >= 11 is 15.3. The van der Waals surface area contributed by atoms with Crippen molar-refractivity contribution in [3.8, 4) is 0 Å². The minimum Gasteiger partial charge on any atom is -0.207 e. The maximum Gasteiger partial charge on any atom is 0.129 e. The normalized spacial score (nSPS) is 26.5. The largest absolute Gasteiger partial charge is 0.207 e. The molecule has 15 heavy (non-hydrogen) atoms. The first-order valence-corrected chi connectivity index (χ1v) is 6.40. The van der Waals surface area contributed by atoms with E-state index < -0.39 is 0 Å². The average Bonchev–Trinajstić information content (AvgIpc) is 2.88. The van der Waals surface area contributed by atoms with Crippen LogP contribution in [0.15, 0.2) is 16.6 Å². The zero-order valence-corrected chi connectivity index (χ0v) is 11.2. The van der Waals surface area contributed by atoms with Gasteiger partial charge in [0.05, 0.1) is 10.4 Å². The lowest BCUT2D eigenvalue weighted by Crippen LogP contribution is -1.98. The molecule has 82 valence electrons. The molecule has 3 atom stereocenters. The predicted molar refractivity (Wildman–Crippen MR) is 65.0 cm³/mol. The van der Waals surface area contributed by atoms with E-state index >= 15 is 0 Å². The third kappa shape index (κ3) is 2.32. The number of hydrogen-bond donors (Lipinski definition) is 0. The predicted octanol–water partition coefficient (Wildman–Crippen LogP) is 5.18. The molecule has 0 heterocycles. The summed E-state index contributed by atoms with van der Waals surface area (Å²) in [6.07, 6.45) is 1.07. The molecular weight excluding hydrogens is 302 g/mol. The Bertz CT molecular complexity index is 394. The van der Waals surface area contributed by atoms with Gasteiger partial charge in [0.15, 0.2) is 0 Å². The molecule has 0 aliphatic heterocycles. The van der Waals surface area contributed by atoms with E-state index in [1.807, 2.05) is 0 Å². The molecule has 2 rings (SSSR count). The third-order valence-corrected chi connectivity index (χ3v) is 4.64. The van der Waals surface area contributed by atoms with Crippen LogP contribution in [0.1, 0.15) is 24.3 Å². The van der Waals surface area contributed by atoms with Crippen LogP contribution in [0.5, 0.6) is 0 Å². The van der Waals surface area contributed by atoms with Gasteiger partial charge in [-0.1, -0.05) is 18.5 Å². The van der Waals surface area contributed by atoms with Crippen molar-refractivity contribution in [1.82, 2.24) is 0 Å². The van der Waals surface area contributed by atoms with E-state index in [0.29, 0.717) is 26.9 Å². The molecule has 1 fully saturated rings. The Kier molecular flexibility index (Phi) is 3.30. The number of halogens is 4. The Morgan fingerprint density at radius 3 is 2.67 bits per heavy atom. The van der Waals surface area contributed by atoms with Crippen LogP contribution in [-0.4, -0.2) is 0 Å². The van der Waals surface area contributed by atoms with Crippen molar-refractivity contribution in [1.29, 1.82) is 0 Å². The van der Waals surface area contributed by atoms with Crippen molar-refractivity contribution in [2.45, 2.75) is 18.7 Å². The Morgan fingerprint density at radius 1 is 1.53 bits per heavy atom. The molecular formula is C11H10BrCl2F. The second-order valence-electron chi connectivity index (χ2n) is 4.07. The molecule has 0 bridgehead atoms. The maximum atomic E-state index is 13.6. The summed E-state index contributed by atoms with van der Waals surface area (Å²) in [5, 5.41) is 0.246. The van der Waals surface area contributed by atoms with Crippen molar-refractivity contribution in [3.63, 3.8) is 0 Å². The number of benzene rings is 1. The summed E-state index contributed by atoms with van der Waals surface area (Å²) in [5.74, 6) is 0.693. The van der Waals surface area contributed by atoms with E-state index in [2.05, 4.69) is 22.9 Å². The van der Waals surface area contributed by atoms with E-state index in [0.717, 1.165) is 6.42 Å². The number of alkyl halides is 1. The van der Waals surface area contributed by atoms with Gasteiger partial charge in [0.2, 0.25) is 0 Å². The molecule has 3 unspecified atom stereocenters. The summed E-state index contributed by atoms with van der Waals surface area (Å²) in [4.78, 5) is 0. The molecule has 0 radical (unpaired) electrons. The van der Waals surface area contributed by atoms with Gasteiger partial charge in [-0.25, -0.2) is 4.39 Å². The second kappa shape index (κ2) is 4.23. The first kappa shape index (κ1) is 11.7. The summed E-state index contributed by atoms with van der Waals surface area (Å²) in [7, 11) is 0. The number of hydrogen-bond acceptors (Lipinski definition) is 0. The summed E-state index contributed by atoms with van der Waals surface area (Å²) in [5.41, 5.74) is 0.513. The minimum absolute atomic E-state index is 0.259. The van der Waals surface area contributed by atoms with Crippen LogP contribution >= 0.6 is 39.1 Å². The highest BCUT2D eigenvalue weighted by atomic mass is 79.9. The molecule has 1 saturated carbocycles. The smallest absolute Gasteiger partial charge is 0.129 e. The summed E-state index contributed by atoms with van der Waals surface area (Å²) in [6.45, 7) is 2.12. The van der Waals surface area contributed by atoms with Gasteiger partial charge in [0.25, 0.3) is 0 Å². The van der Waals surface area contributed by atoms with Crippen LogP contribution in [0.2, 0.25) is 5.02 Å². The van der Waals surface area contributed by atoms with E-state index in [4.69, 9.17) is 23.2 Å². The Balaban J connectivity index is 2.31. The Hall–Kier alpha value is 0.210. The van der Waals surface area contributed by atoms with Crippen molar-refractivity contribution in [3.05, 3.63) is 33.0 Å². The van der Waals surface area contributed by atoms with E-state index in [9.17, 15) is 4.39 Å². The minimum atomic E-state index is -0.287. The molecule has 0 spiro atoms. The summed E-state index contributed by atoms with van der Waals surface area (Å²) in [6, 6.07) is 2.99. The number of rotatable bonds is 2. The Labute approximate surface area is 107 Å². The lowest BCUT2D eigenvalue weighted by Gasteiger charge is -2.11. The van der Waals surface area contributed by atoms with Gasteiger partial charge < -0.3 is 0 Å². The quantitative estimate of drug-likeness (QED) is 0.521. The molecule has 1 aromatic carbocycles. The van der Waals surface area contributed by atoms with Gasteiger partial charge in [-0.05, 0) is 46.3 Å². The van der Waals surface area contributed by atoms with Crippen LogP contribution in [-0.2, 0) is 0 Å². The van der Waals surface area contributed by atoms with Crippen LogP contribution in [0.25, 0.3) is 0 Å².